The van der Waals surface area contributed by atoms with Gasteiger partial charge in [0.2, 0.25) is 0 Å². The topological polar surface area (TPSA) is 0 Å². The Kier molecular flexibility index (Phi) is 12.0. The summed E-state index contributed by atoms with van der Waals surface area (Å²) in [6, 6.07) is 13.5. The first-order valence-electron chi connectivity index (χ1n) is 10.2. The van der Waals surface area contributed by atoms with Crippen LogP contribution in [0.3, 0.4) is 0 Å². The van der Waals surface area contributed by atoms with E-state index in [1.807, 2.05) is 0 Å². The van der Waals surface area contributed by atoms with Crippen molar-refractivity contribution in [1.82, 2.24) is 0 Å². The predicted molar refractivity (Wildman–Crippen MR) is 134 cm³/mol. The van der Waals surface area contributed by atoms with Gasteiger partial charge in [0.15, 0.2) is 0 Å². The molecular weight excluding hydrogens is 493 g/mol. The third-order valence-electron chi connectivity index (χ3n) is 5.83. The molecule has 0 bridgehead atoms. The first-order chi connectivity index (χ1) is 13.6. The standard InChI is InChI=1S/C15H20P.C10H15.2ClH.Zr/c1-11(2)16(12(3)4)15-9-13-7-5-6-8-14(13)10-15;1-6-7(2)9(4)10(5)8(6)3;;;/h5-12H,1-4H3;1-5H3;2*1H;/q2*-1;;;+4/p-2. The van der Waals surface area contributed by atoms with Crippen LogP contribution in [0, 0.1) is 34.6 Å². The fourth-order valence-corrected chi connectivity index (χ4v) is 6.84. The molecule has 0 heterocycles. The van der Waals surface area contributed by atoms with E-state index in [0.29, 0.717) is 0 Å². The molecule has 0 saturated heterocycles. The van der Waals surface area contributed by atoms with E-state index in [-0.39, 0.29) is 7.92 Å². The zero-order valence-electron chi connectivity index (χ0n) is 19.3. The summed E-state index contributed by atoms with van der Waals surface area (Å²) in [6.07, 6.45) is 0. The number of hydrogen-bond donors (Lipinski definition) is 0. The molecule has 0 aromatic heterocycles. The Morgan fingerprint density at radius 3 is 1.69 bits per heavy atom. The van der Waals surface area contributed by atoms with Crippen LogP contribution in [-0.4, -0.2) is 11.3 Å². The Labute approximate surface area is 198 Å². The van der Waals surface area contributed by atoms with Crippen molar-refractivity contribution in [2.45, 2.75) is 73.6 Å². The molecule has 158 valence electrons. The van der Waals surface area contributed by atoms with E-state index in [1.165, 1.54) is 38.6 Å². The van der Waals surface area contributed by atoms with Crippen LogP contribution >= 0.6 is 24.9 Å². The first kappa shape index (κ1) is 27.1. The predicted octanol–water partition coefficient (Wildman–Crippen LogP) is 8.81. The zero-order valence-corrected chi connectivity index (χ0v) is 24.2. The van der Waals surface area contributed by atoms with Gasteiger partial charge in [0.25, 0.3) is 0 Å². The van der Waals surface area contributed by atoms with Crippen LogP contribution in [0.15, 0.2) is 36.4 Å². The van der Waals surface area contributed by atoms with Gasteiger partial charge in [-0.05, 0) is 11.3 Å². The van der Waals surface area contributed by atoms with Crippen LogP contribution in [0.5, 0.6) is 0 Å². The van der Waals surface area contributed by atoms with Gasteiger partial charge in [-0.2, -0.15) is 33.9 Å². The van der Waals surface area contributed by atoms with Crippen molar-refractivity contribution in [1.29, 1.82) is 0 Å². The number of hydrogen-bond acceptors (Lipinski definition) is 0. The van der Waals surface area contributed by atoms with Gasteiger partial charge in [-0.15, -0.1) is 40.3 Å². The molecule has 4 heteroatoms. The summed E-state index contributed by atoms with van der Waals surface area (Å²) < 4.78 is 0. The van der Waals surface area contributed by atoms with Crippen LogP contribution in [-0.2, 0) is 20.8 Å². The summed E-state index contributed by atoms with van der Waals surface area (Å²) in [5, 5.41) is 4.36. The average Bonchev–Trinajstić information content (AvgIpc) is 3.14. The van der Waals surface area contributed by atoms with E-state index < -0.39 is 20.8 Å². The van der Waals surface area contributed by atoms with Crippen LogP contribution in [0.2, 0.25) is 0 Å². The number of halogens is 2. The monoisotopic (exact) mass is 526 g/mol. The van der Waals surface area contributed by atoms with E-state index in [0.717, 1.165) is 11.3 Å². The molecule has 0 unspecified atom stereocenters. The van der Waals surface area contributed by atoms with Gasteiger partial charge in [0.1, 0.15) is 0 Å². The minimum absolute atomic E-state index is 0.0206. The van der Waals surface area contributed by atoms with Gasteiger partial charge < -0.3 is 0 Å². The third kappa shape index (κ3) is 7.32. The van der Waals surface area contributed by atoms with Crippen LogP contribution < -0.4 is 5.30 Å². The van der Waals surface area contributed by atoms with Crippen LogP contribution in [0.1, 0.15) is 55.5 Å². The van der Waals surface area contributed by atoms with Gasteiger partial charge in [-0.3, -0.25) is 0 Å². The van der Waals surface area contributed by atoms with Crippen LogP contribution in [0.25, 0.3) is 10.8 Å². The second-order valence-electron chi connectivity index (χ2n) is 8.13. The second kappa shape index (κ2) is 12.8. The molecule has 3 rings (SSSR count). The molecule has 0 atom stereocenters. The average molecular weight is 529 g/mol. The quantitative estimate of drug-likeness (QED) is 0.235. The molecule has 29 heavy (non-hydrogen) atoms. The van der Waals surface area contributed by atoms with Crippen LogP contribution in [0.4, 0.5) is 0 Å². The Morgan fingerprint density at radius 1 is 0.897 bits per heavy atom. The van der Waals surface area contributed by atoms with E-state index in [1.54, 1.807) is 5.30 Å². The summed E-state index contributed by atoms with van der Waals surface area (Å²) in [4.78, 5) is 0. The van der Waals surface area contributed by atoms with Crippen molar-refractivity contribution >= 4 is 41.0 Å². The van der Waals surface area contributed by atoms with Crippen molar-refractivity contribution in [3.63, 3.8) is 0 Å². The van der Waals surface area contributed by atoms with Crippen molar-refractivity contribution < 1.29 is 20.8 Å². The van der Waals surface area contributed by atoms with E-state index in [9.17, 15) is 0 Å². The summed E-state index contributed by atoms with van der Waals surface area (Å²) >= 11 is -0.826. The fourth-order valence-electron chi connectivity index (χ4n) is 3.88. The Bertz CT molecular complexity index is 768. The molecule has 0 spiro atoms. The number of benzene rings is 1. The minimum atomic E-state index is -0.826. The normalized spacial score (nSPS) is 10.7. The SMILES string of the molecule is CC(C)P(c1cc2ccccc2[cH-]1)C(C)C.Cc1c(C)c(C)[c-](C)c1C.[Cl][Zr+2][Cl]. The van der Waals surface area contributed by atoms with Crippen molar-refractivity contribution in [3.8, 4) is 0 Å². The van der Waals surface area contributed by atoms with Gasteiger partial charge in [-0.25, -0.2) is 0 Å². The Balaban J connectivity index is 0.000000277. The van der Waals surface area contributed by atoms with E-state index >= 15 is 0 Å². The molecule has 0 amide bonds. The molecule has 0 aliphatic carbocycles. The molecule has 0 aliphatic heterocycles. The second-order valence-corrected chi connectivity index (χ2v) is 15.3. The maximum absolute atomic E-state index is 4.93. The zero-order chi connectivity index (χ0) is 22.3. The summed E-state index contributed by atoms with van der Waals surface area (Å²) in [6.45, 7) is 20.4. The van der Waals surface area contributed by atoms with Crippen molar-refractivity contribution in [3.05, 3.63) is 64.2 Å². The molecule has 3 aromatic carbocycles. The van der Waals surface area contributed by atoms with Gasteiger partial charge in [0, 0.05) is 0 Å². The third-order valence-corrected chi connectivity index (χ3v) is 8.91. The number of rotatable bonds is 3. The summed E-state index contributed by atoms with van der Waals surface area (Å²) in [7, 11) is 9.85. The van der Waals surface area contributed by atoms with Crippen molar-refractivity contribution in [2.24, 2.45) is 0 Å². The summed E-state index contributed by atoms with van der Waals surface area (Å²) in [5.74, 6) is 0. The maximum atomic E-state index is 4.93. The Morgan fingerprint density at radius 2 is 1.34 bits per heavy atom. The van der Waals surface area contributed by atoms with Gasteiger partial charge in [0.05, 0.1) is 0 Å². The molecule has 0 aliphatic rings. The molecular formula is C25H35Cl2PZr. The molecule has 0 radical (unpaired) electrons. The fraction of sp³-hybridized carbons (Fsp3) is 0.440. The van der Waals surface area contributed by atoms with Crippen molar-refractivity contribution in [2.75, 3.05) is 0 Å². The summed E-state index contributed by atoms with van der Waals surface area (Å²) in [5.41, 5.74) is 8.88. The molecule has 3 aromatic rings. The molecule has 0 fully saturated rings. The van der Waals surface area contributed by atoms with Gasteiger partial charge >= 0.3 is 37.9 Å². The number of fused-ring (bicyclic) bond motifs is 1. The van der Waals surface area contributed by atoms with Gasteiger partial charge in [-0.1, -0.05) is 76.3 Å². The molecule has 0 saturated carbocycles. The van der Waals surface area contributed by atoms with E-state index in [2.05, 4.69) is 98.7 Å². The Hall–Kier alpha value is 0.0731. The molecule has 0 nitrogen and oxygen atoms in total. The first-order valence-corrected chi connectivity index (χ1v) is 18.0. The molecule has 0 N–H and O–H groups in total. The van der Waals surface area contributed by atoms with E-state index in [4.69, 9.17) is 17.0 Å².